The number of ether oxygens (including phenoxy) is 2. The number of nitro groups is 1. The minimum atomic E-state index is -4.10. The second kappa shape index (κ2) is 9.70. The molecule has 1 heterocycles. The molecular formula is C18H21N3O8S2. The van der Waals surface area contributed by atoms with Gasteiger partial charge < -0.3 is 9.47 Å². The first kappa shape index (κ1) is 23.1. The standard InChI is InChI=1S/C18H21N3O8S2/c22-21(23)17-3-1-2-4-18(17)30(24,25)19-9-12-29-15-5-7-16(8-6-15)31(26,27)20-10-13-28-14-11-20/h1-8,19H,9-14H2. The molecule has 1 fully saturated rings. The molecule has 2 aromatic rings. The maximum atomic E-state index is 12.6. The molecule has 0 spiro atoms. The quantitative estimate of drug-likeness (QED) is 0.323. The van der Waals surface area contributed by atoms with E-state index in [2.05, 4.69) is 4.72 Å². The largest absolute Gasteiger partial charge is 0.492 e. The van der Waals surface area contributed by atoms with Crippen LogP contribution in [0.1, 0.15) is 0 Å². The maximum Gasteiger partial charge on any atom is 0.289 e. The van der Waals surface area contributed by atoms with E-state index in [0.717, 1.165) is 12.1 Å². The third-order valence-corrected chi connectivity index (χ3v) is 7.87. The molecule has 1 saturated heterocycles. The SMILES string of the molecule is O=[N+]([O-])c1ccccc1S(=O)(=O)NCCOc1ccc(S(=O)(=O)N2CCOCC2)cc1. The van der Waals surface area contributed by atoms with Gasteiger partial charge in [-0.15, -0.1) is 0 Å². The molecule has 2 aromatic carbocycles. The Bertz CT molecular complexity index is 1130. The lowest BCUT2D eigenvalue weighted by Gasteiger charge is -2.26. The van der Waals surface area contributed by atoms with Crippen molar-refractivity contribution in [1.82, 2.24) is 9.03 Å². The smallest absolute Gasteiger partial charge is 0.289 e. The Kier molecular flexibility index (Phi) is 7.23. The Morgan fingerprint density at radius 2 is 1.68 bits per heavy atom. The van der Waals surface area contributed by atoms with Crippen LogP contribution >= 0.6 is 0 Å². The van der Waals surface area contributed by atoms with E-state index in [1.54, 1.807) is 0 Å². The first-order valence-electron chi connectivity index (χ1n) is 9.26. The van der Waals surface area contributed by atoms with Crippen molar-refractivity contribution in [2.24, 2.45) is 0 Å². The lowest BCUT2D eigenvalue weighted by Crippen LogP contribution is -2.40. The molecule has 1 aliphatic heterocycles. The van der Waals surface area contributed by atoms with E-state index in [1.165, 1.54) is 40.7 Å². The Labute approximate surface area is 179 Å². The summed E-state index contributed by atoms with van der Waals surface area (Å²) in [4.78, 5) is 9.94. The van der Waals surface area contributed by atoms with Gasteiger partial charge in [-0.05, 0) is 30.3 Å². The minimum Gasteiger partial charge on any atom is -0.492 e. The number of hydrogen-bond acceptors (Lipinski definition) is 8. The van der Waals surface area contributed by atoms with Gasteiger partial charge in [0, 0.05) is 25.7 Å². The van der Waals surface area contributed by atoms with E-state index in [1.807, 2.05) is 0 Å². The van der Waals surface area contributed by atoms with E-state index < -0.39 is 35.6 Å². The van der Waals surface area contributed by atoms with Gasteiger partial charge in [-0.2, -0.15) is 4.31 Å². The molecule has 11 nitrogen and oxygen atoms in total. The third-order valence-electron chi connectivity index (χ3n) is 4.45. The molecule has 0 amide bonds. The summed E-state index contributed by atoms with van der Waals surface area (Å²) in [7, 11) is -7.71. The highest BCUT2D eigenvalue weighted by Gasteiger charge is 2.26. The molecule has 0 saturated carbocycles. The lowest BCUT2D eigenvalue weighted by atomic mass is 10.3. The zero-order chi connectivity index (χ0) is 22.5. The molecule has 1 aliphatic rings. The Balaban J connectivity index is 1.56. The van der Waals surface area contributed by atoms with Crippen molar-refractivity contribution in [3.05, 3.63) is 58.6 Å². The van der Waals surface area contributed by atoms with E-state index in [9.17, 15) is 26.9 Å². The van der Waals surface area contributed by atoms with Crippen molar-refractivity contribution >= 4 is 25.7 Å². The number of nitrogens with zero attached hydrogens (tertiary/aromatic N) is 2. The van der Waals surface area contributed by atoms with Crippen molar-refractivity contribution in [1.29, 1.82) is 0 Å². The van der Waals surface area contributed by atoms with E-state index >= 15 is 0 Å². The Morgan fingerprint density at radius 3 is 2.32 bits per heavy atom. The van der Waals surface area contributed by atoms with E-state index in [0.29, 0.717) is 32.1 Å². The monoisotopic (exact) mass is 471 g/mol. The first-order chi connectivity index (χ1) is 14.7. The van der Waals surface area contributed by atoms with Gasteiger partial charge in [0.05, 0.1) is 23.0 Å². The molecule has 168 valence electrons. The van der Waals surface area contributed by atoms with Gasteiger partial charge in [-0.1, -0.05) is 12.1 Å². The number of morpholine rings is 1. The molecule has 0 atom stereocenters. The molecule has 13 heteroatoms. The van der Waals surface area contributed by atoms with E-state index in [-0.39, 0.29) is 18.0 Å². The van der Waals surface area contributed by atoms with Crippen LogP contribution in [0.4, 0.5) is 5.69 Å². The van der Waals surface area contributed by atoms with Gasteiger partial charge in [0.15, 0.2) is 4.90 Å². The molecule has 0 bridgehead atoms. The predicted molar refractivity (Wildman–Crippen MR) is 110 cm³/mol. The van der Waals surface area contributed by atoms with Crippen molar-refractivity contribution in [3.63, 3.8) is 0 Å². The van der Waals surface area contributed by atoms with Crippen LogP contribution < -0.4 is 9.46 Å². The summed E-state index contributed by atoms with van der Waals surface area (Å²) >= 11 is 0. The van der Waals surface area contributed by atoms with Crippen molar-refractivity contribution < 1.29 is 31.2 Å². The first-order valence-corrected chi connectivity index (χ1v) is 12.2. The van der Waals surface area contributed by atoms with E-state index in [4.69, 9.17) is 9.47 Å². The molecule has 0 unspecified atom stereocenters. The number of nitro benzene ring substituents is 1. The van der Waals surface area contributed by atoms with Crippen LogP contribution in [0.25, 0.3) is 0 Å². The fourth-order valence-corrected chi connectivity index (χ4v) is 5.49. The highest BCUT2D eigenvalue weighted by molar-refractivity contribution is 7.89. The van der Waals surface area contributed by atoms with Gasteiger partial charge >= 0.3 is 0 Å². The number of rotatable bonds is 9. The molecular weight excluding hydrogens is 450 g/mol. The normalized spacial score (nSPS) is 15.5. The number of sulfonamides is 2. The van der Waals surface area contributed by atoms with Gasteiger partial charge in [0.25, 0.3) is 5.69 Å². The second-order valence-electron chi connectivity index (χ2n) is 6.46. The van der Waals surface area contributed by atoms with Crippen LogP contribution in [-0.4, -0.2) is 65.5 Å². The number of hydrogen-bond donors (Lipinski definition) is 1. The van der Waals surface area contributed by atoms with Crippen molar-refractivity contribution in [3.8, 4) is 5.75 Å². The second-order valence-corrected chi connectivity index (χ2v) is 10.1. The van der Waals surface area contributed by atoms with Crippen LogP contribution in [0.2, 0.25) is 0 Å². The highest BCUT2D eigenvalue weighted by Crippen LogP contribution is 2.23. The molecule has 0 aromatic heterocycles. The zero-order valence-electron chi connectivity index (χ0n) is 16.3. The summed E-state index contributed by atoms with van der Waals surface area (Å²) in [5, 5.41) is 11.0. The predicted octanol–water partition coefficient (Wildman–Crippen LogP) is 0.973. The van der Waals surface area contributed by atoms with Crippen LogP contribution in [0.3, 0.4) is 0 Å². The summed E-state index contributed by atoms with van der Waals surface area (Å²) in [6.07, 6.45) is 0. The lowest BCUT2D eigenvalue weighted by molar-refractivity contribution is -0.387. The van der Waals surface area contributed by atoms with Gasteiger partial charge in [0.1, 0.15) is 12.4 Å². The summed E-state index contributed by atoms with van der Waals surface area (Å²) in [5.41, 5.74) is -0.520. The summed E-state index contributed by atoms with van der Waals surface area (Å²) in [5.74, 6) is 0.353. The summed E-state index contributed by atoms with van der Waals surface area (Å²) in [6, 6.07) is 10.8. The van der Waals surface area contributed by atoms with Crippen LogP contribution in [0.15, 0.2) is 58.3 Å². The Morgan fingerprint density at radius 1 is 1.03 bits per heavy atom. The zero-order valence-corrected chi connectivity index (χ0v) is 18.0. The molecule has 0 aliphatic carbocycles. The average molecular weight is 472 g/mol. The number of para-hydroxylation sites is 1. The summed E-state index contributed by atoms with van der Waals surface area (Å²) in [6.45, 7) is 1.09. The van der Waals surface area contributed by atoms with Crippen LogP contribution in [-0.2, 0) is 24.8 Å². The molecule has 0 radical (unpaired) electrons. The molecule has 3 rings (SSSR count). The van der Waals surface area contributed by atoms with Crippen molar-refractivity contribution in [2.75, 3.05) is 39.5 Å². The fourth-order valence-electron chi connectivity index (χ4n) is 2.90. The maximum absolute atomic E-state index is 12.6. The number of benzene rings is 2. The van der Waals surface area contributed by atoms with Gasteiger partial charge in [-0.3, -0.25) is 10.1 Å². The minimum absolute atomic E-state index is 0.0601. The van der Waals surface area contributed by atoms with Gasteiger partial charge in [-0.25, -0.2) is 21.6 Å². The average Bonchev–Trinajstić information content (AvgIpc) is 2.77. The molecule has 31 heavy (non-hydrogen) atoms. The highest BCUT2D eigenvalue weighted by atomic mass is 32.2. The third kappa shape index (κ3) is 5.57. The van der Waals surface area contributed by atoms with Crippen LogP contribution in [0, 0.1) is 10.1 Å². The molecule has 1 N–H and O–H groups in total. The van der Waals surface area contributed by atoms with Gasteiger partial charge in [0.2, 0.25) is 20.0 Å². The van der Waals surface area contributed by atoms with Crippen LogP contribution in [0.5, 0.6) is 5.75 Å². The Hall–Kier alpha value is -2.58. The fraction of sp³-hybridized carbons (Fsp3) is 0.333. The summed E-state index contributed by atoms with van der Waals surface area (Å²) < 4.78 is 64.0. The topological polar surface area (TPSA) is 145 Å². The number of nitrogens with one attached hydrogen (secondary N) is 1. The van der Waals surface area contributed by atoms with Crippen molar-refractivity contribution in [2.45, 2.75) is 9.79 Å².